The maximum atomic E-state index is 13.2. The highest BCUT2D eigenvalue weighted by Crippen LogP contribution is 2.32. The molecule has 0 bridgehead atoms. The van der Waals surface area contributed by atoms with E-state index >= 15 is 0 Å². The van der Waals surface area contributed by atoms with E-state index in [4.69, 9.17) is 0 Å². The summed E-state index contributed by atoms with van der Waals surface area (Å²) in [5, 5.41) is 0. The van der Waals surface area contributed by atoms with Crippen molar-refractivity contribution in [2.45, 2.75) is 38.3 Å². The maximum absolute atomic E-state index is 13.2. The van der Waals surface area contributed by atoms with Crippen LogP contribution < -0.4 is 0 Å². The molecule has 0 aliphatic carbocycles. The van der Waals surface area contributed by atoms with Crippen LogP contribution >= 0.6 is 0 Å². The Morgan fingerprint density at radius 3 is 2.61 bits per heavy atom. The molecule has 23 heavy (non-hydrogen) atoms. The van der Waals surface area contributed by atoms with E-state index in [1.165, 1.54) is 11.0 Å². The number of carbonyl (C=O) groups is 2. The van der Waals surface area contributed by atoms with E-state index in [0.29, 0.717) is 13.0 Å². The molecule has 1 amide bonds. The van der Waals surface area contributed by atoms with Crippen molar-refractivity contribution in [1.29, 1.82) is 0 Å². The first-order chi connectivity index (χ1) is 10.8. The fraction of sp³-hybridized carbons (Fsp3) is 0.500. The van der Waals surface area contributed by atoms with Gasteiger partial charge >= 0.3 is 6.18 Å². The summed E-state index contributed by atoms with van der Waals surface area (Å²) in [6.07, 6.45) is -2.55. The molecule has 1 aromatic rings. The summed E-state index contributed by atoms with van der Waals surface area (Å²) in [4.78, 5) is 25.0. The van der Waals surface area contributed by atoms with E-state index in [0.717, 1.165) is 25.0 Å². The number of alkyl halides is 3. The highest BCUT2D eigenvalue weighted by molar-refractivity contribution is 5.86. The zero-order valence-electron chi connectivity index (χ0n) is 12.5. The number of rotatable bonds is 5. The van der Waals surface area contributed by atoms with Crippen LogP contribution in [0.3, 0.4) is 0 Å². The van der Waals surface area contributed by atoms with E-state index in [9.17, 15) is 27.2 Å². The topological polar surface area (TPSA) is 37.4 Å². The fourth-order valence-corrected chi connectivity index (χ4v) is 2.55. The van der Waals surface area contributed by atoms with E-state index in [-0.39, 0.29) is 36.6 Å². The molecule has 2 rings (SSSR count). The van der Waals surface area contributed by atoms with Crippen LogP contribution in [0, 0.1) is 5.82 Å². The average Bonchev–Trinajstić information content (AvgIpc) is 2.47. The predicted molar refractivity (Wildman–Crippen MR) is 75.2 cm³/mol. The van der Waals surface area contributed by atoms with Crippen LogP contribution in [0.25, 0.3) is 0 Å². The Morgan fingerprint density at radius 1 is 1.22 bits per heavy atom. The Hall–Kier alpha value is -1.92. The number of hydrogen-bond donors (Lipinski definition) is 0. The molecule has 126 valence electrons. The molecular weight excluding hydrogens is 314 g/mol. The van der Waals surface area contributed by atoms with Gasteiger partial charge in [0, 0.05) is 19.4 Å². The molecular formula is C16H17F4NO2. The molecule has 0 radical (unpaired) electrons. The Morgan fingerprint density at radius 2 is 1.96 bits per heavy atom. The second-order valence-electron chi connectivity index (χ2n) is 5.62. The van der Waals surface area contributed by atoms with Crippen molar-refractivity contribution >= 4 is 11.7 Å². The Kier molecular flexibility index (Phi) is 5.38. The van der Waals surface area contributed by atoms with Crippen molar-refractivity contribution in [2.24, 2.45) is 0 Å². The van der Waals surface area contributed by atoms with Crippen LogP contribution in [0.1, 0.15) is 36.8 Å². The molecule has 1 aromatic carbocycles. The van der Waals surface area contributed by atoms with Gasteiger partial charge in [0.2, 0.25) is 5.91 Å². The maximum Gasteiger partial charge on any atom is 0.419 e. The summed E-state index contributed by atoms with van der Waals surface area (Å²) in [5.41, 5.74) is -1.08. The van der Waals surface area contributed by atoms with Gasteiger partial charge in [0.15, 0.2) is 5.78 Å². The number of likely N-dealkylation sites (tertiary alicyclic amines) is 1. The third-order valence-corrected chi connectivity index (χ3v) is 3.82. The van der Waals surface area contributed by atoms with Gasteiger partial charge in [-0.1, -0.05) is 6.07 Å². The highest BCUT2D eigenvalue weighted by Gasteiger charge is 2.34. The molecule has 1 fully saturated rings. The summed E-state index contributed by atoms with van der Waals surface area (Å²) in [6.45, 7) is 0.533. The molecule has 0 atom stereocenters. The molecule has 0 unspecified atom stereocenters. The fourth-order valence-electron chi connectivity index (χ4n) is 2.55. The van der Waals surface area contributed by atoms with Crippen molar-refractivity contribution in [3.63, 3.8) is 0 Å². The van der Waals surface area contributed by atoms with Gasteiger partial charge in [-0.25, -0.2) is 4.39 Å². The van der Waals surface area contributed by atoms with Gasteiger partial charge in [0.25, 0.3) is 0 Å². The van der Waals surface area contributed by atoms with Crippen LogP contribution in [0.15, 0.2) is 18.2 Å². The summed E-state index contributed by atoms with van der Waals surface area (Å²) >= 11 is 0. The van der Waals surface area contributed by atoms with Gasteiger partial charge in [-0.3, -0.25) is 9.59 Å². The zero-order chi connectivity index (χ0) is 17.0. The van der Waals surface area contributed by atoms with Crippen molar-refractivity contribution in [1.82, 2.24) is 4.90 Å². The molecule has 0 spiro atoms. The molecule has 1 heterocycles. The third kappa shape index (κ3) is 4.77. The highest BCUT2D eigenvalue weighted by atomic mass is 19.4. The number of benzene rings is 1. The number of carbonyl (C=O) groups excluding carboxylic acids is 2. The van der Waals surface area contributed by atoms with Crippen molar-refractivity contribution in [2.75, 3.05) is 13.1 Å². The number of piperidine rings is 1. The lowest BCUT2D eigenvalue weighted by Crippen LogP contribution is -2.39. The number of nitrogens with zero attached hydrogens (tertiary/aromatic N) is 1. The summed E-state index contributed by atoms with van der Waals surface area (Å²) < 4.78 is 51.1. The largest absolute Gasteiger partial charge is 0.419 e. The molecule has 0 aromatic heterocycles. The molecule has 1 saturated heterocycles. The number of halogens is 4. The second-order valence-corrected chi connectivity index (χ2v) is 5.62. The average molecular weight is 331 g/mol. The SMILES string of the molecule is O=C(CCc1ccc(F)c(C(F)(F)F)c1)CN1CCCCC1=O. The van der Waals surface area contributed by atoms with E-state index in [1.54, 1.807) is 0 Å². The van der Waals surface area contributed by atoms with Crippen LogP contribution in [0.2, 0.25) is 0 Å². The number of aryl methyl sites for hydroxylation is 1. The monoisotopic (exact) mass is 331 g/mol. The van der Waals surface area contributed by atoms with Gasteiger partial charge < -0.3 is 4.90 Å². The van der Waals surface area contributed by atoms with E-state index < -0.39 is 17.6 Å². The second kappa shape index (κ2) is 7.10. The lowest BCUT2D eigenvalue weighted by atomic mass is 10.0. The van der Waals surface area contributed by atoms with Crippen LogP contribution in [-0.4, -0.2) is 29.7 Å². The molecule has 1 aliphatic heterocycles. The van der Waals surface area contributed by atoms with Crippen molar-refractivity contribution < 1.29 is 27.2 Å². The smallest absolute Gasteiger partial charge is 0.335 e. The number of ketones is 1. The zero-order valence-corrected chi connectivity index (χ0v) is 12.5. The first kappa shape index (κ1) is 17.4. The Balaban J connectivity index is 1.93. The van der Waals surface area contributed by atoms with Gasteiger partial charge in [-0.05, 0) is 37.0 Å². The van der Waals surface area contributed by atoms with Gasteiger partial charge in [-0.15, -0.1) is 0 Å². The summed E-state index contributed by atoms with van der Waals surface area (Å²) in [6, 6.07) is 2.73. The third-order valence-electron chi connectivity index (χ3n) is 3.82. The van der Waals surface area contributed by atoms with Gasteiger partial charge in [0.05, 0.1) is 12.1 Å². The van der Waals surface area contributed by atoms with Gasteiger partial charge in [-0.2, -0.15) is 13.2 Å². The number of Topliss-reactive ketones (excluding diaryl/α,β-unsaturated/α-hetero) is 1. The molecule has 0 saturated carbocycles. The quantitative estimate of drug-likeness (QED) is 0.776. The van der Waals surface area contributed by atoms with Gasteiger partial charge in [0.1, 0.15) is 5.82 Å². The van der Waals surface area contributed by atoms with E-state index in [2.05, 4.69) is 0 Å². The van der Waals surface area contributed by atoms with Crippen LogP contribution in [-0.2, 0) is 22.2 Å². The lowest BCUT2D eigenvalue weighted by molar-refractivity contribution is -0.140. The lowest BCUT2D eigenvalue weighted by Gasteiger charge is -2.25. The first-order valence-electron chi connectivity index (χ1n) is 7.42. The normalized spacial score (nSPS) is 15.8. The molecule has 7 heteroatoms. The van der Waals surface area contributed by atoms with Crippen LogP contribution in [0.4, 0.5) is 17.6 Å². The number of amides is 1. The Labute approximate surface area is 131 Å². The standard InChI is InChI=1S/C16H17F4NO2/c17-14-7-5-11(9-13(14)16(18,19)20)4-6-12(22)10-21-8-2-1-3-15(21)23/h5,7,9H,1-4,6,8,10H2. The minimum atomic E-state index is -4.76. The number of hydrogen-bond acceptors (Lipinski definition) is 2. The summed E-state index contributed by atoms with van der Waals surface area (Å²) in [5.74, 6) is -1.60. The summed E-state index contributed by atoms with van der Waals surface area (Å²) in [7, 11) is 0. The van der Waals surface area contributed by atoms with Crippen LogP contribution in [0.5, 0.6) is 0 Å². The molecule has 0 N–H and O–H groups in total. The predicted octanol–water partition coefficient (Wildman–Crippen LogP) is 3.36. The minimum absolute atomic E-state index is 0.00778. The Bertz CT molecular complexity index is 598. The minimum Gasteiger partial charge on any atom is -0.335 e. The van der Waals surface area contributed by atoms with E-state index in [1.807, 2.05) is 0 Å². The van der Waals surface area contributed by atoms with Crippen molar-refractivity contribution in [3.8, 4) is 0 Å². The molecule has 1 aliphatic rings. The molecule has 3 nitrogen and oxygen atoms in total. The first-order valence-corrected chi connectivity index (χ1v) is 7.42. The van der Waals surface area contributed by atoms with Crippen molar-refractivity contribution in [3.05, 3.63) is 35.1 Å².